The maximum absolute atomic E-state index is 11.4. The Morgan fingerprint density at radius 2 is 2.22 bits per heavy atom. The molecule has 0 bridgehead atoms. The molecule has 2 N–H and O–H groups in total. The molecule has 0 radical (unpaired) electrons. The summed E-state index contributed by atoms with van der Waals surface area (Å²) in [5, 5.41) is 19.2. The highest BCUT2D eigenvalue weighted by molar-refractivity contribution is 5.66. The molecule has 0 saturated heterocycles. The van der Waals surface area contributed by atoms with Gasteiger partial charge in [-0.1, -0.05) is 25.2 Å². The van der Waals surface area contributed by atoms with Crippen LogP contribution < -0.4 is 0 Å². The summed E-state index contributed by atoms with van der Waals surface area (Å²) in [6, 6.07) is -0.600. The topological polar surface area (TPSA) is 70.0 Å². The summed E-state index contributed by atoms with van der Waals surface area (Å²) in [6.07, 6.45) is 2.04. The van der Waals surface area contributed by atoms with Crippen LogP contribution >= 0.6 is 0 Å². The summed E-state index contributed by atoms with van der Waals surface area (Å²) in [5.74, 6) is 5.90. The summed E-state index contributed by atoms with van der Waals surface area (Å²) in [5.41, 5.74) is 0. The van der Waals surface area contributed by atoms with E-state index in [1.165, 1.54) is 0 Å². The van der Waals surface area contributed by atoms with Gasteiger partial charge in [-0.25, -0.2) is 4.79 Å². The predicted octanol–water partition coefficient (Wildman–Crippen LogP) is 1.78. The molecule has 5 nitrogen and oxygen atoms in total. The molecule has 1 unspecified atom stereocenters. The van der Waals surface area contributed by atoms with Crippen molar-refractivity contribution in [3.63, 3.8) is 0 Å². The number of nitrogens with zero attached hydrogens (tertiary/aromatic N) is 1. The standard InChI is InChI=1S/C13H21NO4/c1-3-4-7-18-13(16)14(17)10(2)5-6-11-8-12(15)9-11/h10-12,15,17H,3-4,7-9H2,1-2H3. The van der Waals surface area contributed by atoms with Crippen LogP contribution in [0.3, 0.4) is 0 Å². The molecular formula is C13H21NO4. The monoisotopic (exact) mass is 255 g/mol. The Morgan fingerprint density at radius 1 is 1.56 bits per heavy atom. The predicted molar refractivity (Wildman–Crippen MR) is 65.9 cm³/mol. The number of unbranched alkanes of at least 4 members (excludes halogenated alkanes) is 1. The number of rotatable bonds is 4. The molecule has 1 aliphatic rings. The zero-order valence-electron chi connectivity index (χ0n) is 10.9. The van der Waals surface area contributed by atoms with Crippen LogP contribution in [0.25, 0.3) is 0 Å². The summed E-state index contributed by atoms with van der Waals surface area (Å²) in [6.45, 7) is 3.93. The Bertz CT molecular complexity index is 328. The number of carbonyl (C=O) groups is 1. The fourth-order valence-corrected chi connectivity index (χ4v) is 1.53. The van der Waals surface area contributed by atoms with Crippen LogP contribution in [0.2, 0.25) is 0 Å². The lowest BCUT2D eigenvalue weighted by Gasteiger charge is -2.27. The molecule has 0 aromatic carbocycles. The van der Waals surface area contributed by atoms with Gasteiger partial charge in [-0.2, -0.15) is 5.06 Å². The molecule has 5 heteroatoms. The van der Waals surface area contributed by atoms with Crippen molar-refractivity contribution >= 4 is 6.09 Å². The van der Waals surface area contributed by atoms with Gasteiger partial charge >= 0.3 is 6.09 Å². The van der Waals surface area contributed by atoms with Crippen molar-refractivity contribution in [2.45, 2.75) is 51.7 Å². The molecular weight excluding hydrogens is 234 g/mol. The highest BCUT2D eigenvalue weighted by Crippen LogP contribution is 2.26. The van der Waals surface area contributed by atoms with E-state index < -0.39 is 12.1 Å². The van der Waals surface area contributed by atoms with Gasteiger partial charge < -0.3 is 9.84 Å². The van der Waals surface area contributed by atoms with E-state index in [9.17, 15) is 10.0 Å². The van der Waals surface area contributed by atoms with Gasteiger partial charge in [0.2, 0.25) is 0 Å². The fraction of sp³-hybridized carbons (Fsp3) is 0.769. The van der Waals surface area contributed by atoms with E-state index >= 15 is 0 Å². The third kappa shape index (κ3) is 4.55. The number of hydrogen-bond acceptors (Lipinski definition) is 4. The van der Waals surface area contributed by atoms with E-state index in [4.69, 9.17) is 9.84 Å². The third-order valence-corrected chi connectivity index (χ3v) is 2.89. The van der Waals surface area contributed by atoms with Crippen molar-refractivity contribution in [2.24, 2.45) is 5.92 Å². The van der Waals surface area contributed by atoms with Crippen LogP contribution in [-0.2, 0) is 4.74 Å². The molecule has 1 atom stereocenters. The molecule has 18 heavy (non-hydrogen) atoms. The van der Waals surface area contributed by atoms with E-state index in [0.29, 0.717) is 24.5 Å². The Balaban J connectivity index is 2.31. The van der Waals surface area contributed by atoms with Crippen LogP contribution in [0.4, 0.5) is 4.79 Å². The SMILES string of the molecule is CCCCOC(=O)N(O)C(C)C#CC1CC(O)C1. The minimum atomic E-state index is -0.765. The van der Waals surface area contributed by atoms with Crippen LogP contribution in [0.1, 0.15) is 39.5 Å². The minimum absolute atomic E-state index is 0.173. The number of hydroxylamine groups is 2. The average Bonchev–Trinajstić information content (AvgIpc) is 2.32. The summed E-state index contributed by atoms with van der Waals surface area (Å²) in [4.78, 5) is 11.4. The van der Waals surface area contributed by atoms with Crippen molar-refractivity contribution in [1.29, 1.82) is 0 Å². The first-order chi connectivity index (χ1) is 8.54. The van der Waals surface area contributed by atoms with Crippen LogP contribution in [0, 0.1) is 17.8 Å². The maximum Gasteiger partial charge on any atom is 0.434 e. The normalized spacial score (nSPS) is 23.3. The lowest BCUT2D eigenvalue weighted by Crippen LogP contribution is -2.36. The van der Waals surface area contributed by atoms with Crippen LogP contribution in [-0.4, -0.2) is 40.2 Å². The third-order valence-electron chi connectivity index (χ3n) is 2.89. The molecule has 0 aliphatic heterocycles. The summed E-state index contributed by atoms with van der Waals surface area (Å²) >= 11 is 0. The number of amides is 1. The molecule has 0 spiro atoms. The number of carbonyl (C=O) groups excluding carboxylic acids is 1. The minimum Gasteiger partial charge on any atom is -0.448 e. The lowest BCUT2D eigenvalue weighted by molar-refractivity contribution is -0.0867. The average molecular weight is 255 g/mol. The highest BCUT2D eigenvalue weighted by atomic mass is 16.6. The molecule has 1 aliphatic carbocycles. The first-order valence-electron chi connectivity index (χ1n) is 6.38. The molecule has 0 heterocycles. The van der Waals surface area contributed by atoms with Crippen LogP contribution in [0.5, 0.6) is 0 Å². The zero-order valence-corrected chi connectivity index (χ0v) is 10.9. The first-order valence-corrected chi connectivity index (χ1v) is 6.38. The van der Waals surface area contributed by atoms with E-state index in [2.05, 4.69) is 11.8 Å². The number of aliphatic hydroxyl groups excluding tert-OH is 1. The number of aliphatic hydroxyl groups is 1. The molecule has 1 amide bonds. The Kier molecular flexibility index (Phi) is 5.96. The highest BCUT2D eigenvalue weighted by Gasteiger charge is 2.25. The van der Waals surface area contributed by atoms with Crippen LogP contribution in [0.15, 0.2) is 0 Å². The van der Waals surface area contributed by atoms with E-state index in [0.717, 1.165) is 12.8 Å². The zero-order chi connectivity index (χ0) is 13.5. The van der Waals surface area contributed by atoms with Crippen molar-refractivity contribution in [1.82, 2.24) is 5.06 Å². The second kappa shape index (κ2) is 7.24. The van der Waals surface area contributed by atoms with E-state index in [1.54, 1.807) is 6.92 Å². The molecule has 1 saturated carbocycles. The lowest BCUT2D eigenvalue weighted by atomic mass is 9.83. The second-order valence-electron chi connectivity index (χ2n) is 4.60. The van der Waals surface area contributed by atoms with Crippen molar-refractivity contribution in [3.05, 3.63) is 0 Å². The first kappa shape index (κ1) is 14.8. The van der Waals surface area contributed by atoms with Gasteiger partial charge in [0.25, 0.3) is 0 Å². The molecule has 102 valence electrons. The Labute approximate surface area is 108 Å². The van der Waals surface area contributed by atoms with E-state index in [-0.39, 0.29) is 12.0 Å². The second-order valence-corrected chi connectivity index (χ2v) is 4.60. The molecule has 1 rings (SSSR count). The Hall–Kier alpha value is -1.25. The van der Waals surface area contributed by atoms with Crippen molar-refractivity contribution in [3.8, 4) is 11.8 Å². The maximum atomic E-state index is 11.4. The molecule has 0 aromatic rings. The smallest absolute Gasteiger partial charge is 0.434 e. The van der Waals surface area contributed by atoms with Gasteiger partial charge in [0.1, 0.15) is 6.04 Å². The van der Waals surface area contributed by atoms with Crippen molar-refractivity contribution in [2.75, 3.05) is 6.61 Å². The molecule has 1 fully saturated rings. The quantitative estimate of drug-likeness (QED) is 0.348. The molecule has 0 aromatic heterocycles. The Morgan fingerprint density at radius 3 is 2.78 bits per heavy atom. The van der Waals surface area contributed by atoms with Crippen molar-refractivity contribution < 1.29 is 19.8 Å². The fourth-order valence-electron chi connectivity index (χ4n) is 1.53. The van der Waals surface area contributed by atoms with Gasteiger partial charge in [0.05, 0.1) is 12.7 Å². The summed E-state index contributed by atoms with van der Waals surface area (Å²) in [7, 11) is 0. The van der Waals surface area contributed by atoms with Gasteiger partial charge in [0, 0.05) is 5.92 Å². The van der Waals surface area contributed by atoms with Gasteiger partial charge in [0.15, 0.2) is 0 Å². The number of ether oxygens (including phenoxy) is 1. The summed E-state index contributed by atoms with van der Waals surface area (Å²) < 4.78 is 4.86. The number of hydrogen-bond donors (Lipinski definition) is 2. The largest absolute Gasteiger partial charge is 0.448 e. The van der Waals surface area contributed by atoms with E-state index in [1.807, 2.05) is 6.92 Å². The van der Waals surface area contributed by atoms with Gasteiger partial charge in [-0.15, -0.1) is 0 Å². The van der Waals surface area contributed by atoms with Gasteiger partial charge in [-0.3, -0.25) is 5.21 Å². The van der Waals surface area contributed by atoms with Gasteiger partial charge in [-0.05, 0) is 26.2 Å².